The third-order valence-electron chi connectivity index (χ3n) is 4.32. The third-order valence-corrected chi connectivity index (χ3v) is 6.08. The van der Waals surface area contributed by atoms with E-state index < -0.39 is 5.91 Å². The van der Waals surface area contributed by atoms with Gasteiger partial charge < -0.3 is 11.1 Å². The topological polar surface area (TPSA) is 98.7 Å². The summed E-state index contributed by atoms with van der Waals surface area (Å²) in [6.07, 6.45) is 0.458. The fourth-order valence-electron chi connectivity index (χ4n) is 2.86. The van der Waals surface area contributed by atoms with Crippen molar-refractivity contribution >= 4 is 39.8 Å². The summed E-state index contributed by atoms with van der Waals surface area (Å²) in [5, 5.41) is 15.0. The summed E-state index contributed by atoms with van der Waals surface area (Å²) >= 11 is 2.70. The summed E-state index contributed by atoms with van der Waals surface area (Å²) in [5.41, 5.74) is 8.92. The van der Waals surface area contributed by atoms with Gasteiger partial charge in [0, 0.05) is 16.8 Å². The van der Waals surface area contributed by atoms with Crippen molar-refractivity contribution in [3.8, 4) is 5.69 Å². The van der Waals surface area contributed by atoms with E-state index in [1.165, 1.54) is 35.2 Å². The van der Waals surface area contributed by atoms with E-state index in [0.717, 1.165) is 22.6 Å². The number of nitrogens with one attached hydrogen (secondary N) is 1. The number of aryl methyl sites for hydroxylation is 1. The average molecular weight is 455 g/mol. The molecule has 3 N–H and O–H groups in total. The second-order valence-corrected chi connectivity index (χ2v) is 8.58. The molecule has 4 aromatic rings. The minimum Gasteiger partial charge on any atom is -0.369 e. The maximum Gasteiger partial charge on any atom is 0.227 e. The van der Waals surface area contributed by atoms with E-state index in [2.05, 4.69) is 20.5 Å². The number of hydrogen-bond donors (Lipinski definition) is 2. The first-order valence-corrected chi connectivity index (χ1v) is 11.2. The number of carbonyl (C=O) groups is 1. The highest BCUT2D eigenvalue weighted by Gasteiger charge is 2.17. The second-order valence-electron chi connectivity index (χ2n) is 6.78. The van der Waals surface area contributed by atoms with Crippen molar-refractivity contribution in [3.63, 3.8) is 0 Å². The van der Waals surface area contributed by atoms with Gasteiger partial charge in [0.15, 0.2) is 10.3 Å². The molecule has 0 bridgehead atoms. The number of thioether (sulfide) groups is 1. The van der Waals surface area contributed by atoms with Gasteiger partial charge in [0.05, 0.1) is 17.9 Å². The molecule has 31 heavy (non-hydrogen) atoms. The van der Waals surface area contributed by atoms with Crippen LogP contribution in [-0.2, 0) is 11.2 Å². The predicted octanol–water partition coefficient (Wildman–Crippen LogP) is 4.08. The van der Waals surface area contributed by atoms with E-state index in [9.17, 15) is 9.18 Å². The normalized spacial score (nSPS) is 10.9. The fourth-order valence-corrected chi connectivity index (χ4v) is 4.30. The Morgan fingerprint density at radius 2 is 1.90 bits per heavy atom. The SMILES string of the molecule is Cc1ccc(-n2c(Cc3csc(Nc4ccc(F)cc4)n3)nnc2SCC(N)=O)cc1. The van der Waals surface area contributed by atoms with Crippen molar-refractivity contribution in [2.45, 2.75) is 18.5 Å². The molecule has 4 rings (SSSR count). The number of hydrogen-bond acceptors (Lipinski definition) is 7. The third kappa shape index (κ3) is 5.28. The molecule has 1 amide bonds. The van der Waals surface area contributed by atoms with Crippen LogP contribution < -0.4 is 11.1 Å². The predicted molar refractivity (Wildman–Crippen MR) is 121 cm³/mol. The Balaban J connectivity index is 1.58. The van der Waals surface area contributed by atoms with Crippen LogP contribution in [0.2, 0.25) is 0 Å². The first-order valence-electron chi connectivity index (χ1n) is 9.37. The average Bonchev–Trinajstić information content (AvgIpc) is 3.36. The molecule has 2 aromatic carbocycles. The summed E-state index contributed by atoms with van der Waals surface area (Å²) in [5.74, 6) is 0.119. The molecule has 7 nitrogen and oxygen atoms in total. The van der Waals surface area contributed by atoms with Crippen molar-refractivity contribution in [1.29, 1.82) is 0 Å². The van der Waals surface area contributed by atoms with E-state index in [0.29, 0.717) is 22.5 Å². The molecule has 0 unspecified atom stereocenters. The Labute approximate surface area is 186 Å². The number of carbonyl (C=O) groups excluding carboxylic acids is 1. The maximum atomic E-state index is 13.1. The van der Waals surface area contributed by atoms with E-state index >= 15 is 0 Å². The van der Waals surface area contributed by atoms with Crippen LogP contribution in [0.5, 0.6) is 0 Å². The van der Waals surface area contributed by atoms with Crippen LogP contribution in [0.1, 0.15) is 17.1 Å². The Morgan fingerprint density at radius 1 is 1.16 bits per heavy atom. The summed E-state index contributed by atoms with van der Waals surface area (Å²) < 4.78 is 15.0. The highest BCUT2D eigenvalue weighted by atomic mass is 32.2. The molecule has 0 atom stereocenters. The molecule has 0 fully saturated rings. The molecule has 0 aliphatic rings. The molecular formula is C21H19FN6OS2. The zero-order valence-electron chi connectivity index (χ0n) is 16.6. The summed E-state index contributed by atoms with van der Waals surface area (Å²) in [4.78, 5) is 15.8. The van der Waals surface area contributed by atoms with Crippen LogP contribution in [0.3, 0.4) is 0 Å². The van der Waals surface area contributed by atoms with Crippen LogP contribution in [0, 0.1) is 12.7 Å². The van der Waals surface area contributed by atoms with E-state index in [1.807, 2.05) is 41.1 Å². The van der Waals surface area contributed by atoms with E-state index in [-0.39, 0.29) is 11.6 Å². The monoisotopic (exact) mass is 454 g/mol. The molecule has 10 heteroatoms. The first kappa shape index (κ1) is 21.0. The number of rotatable bonds is 8. The lowest BCUT2D eigenvalue weighted by atomic mass is 10.2. The van der Waals surface area contributed by atoms with E-state index in [4.69, 9.17) is 5.73 Å². The molecule has 0 radical (unpaired) electrons. The largest absolute Gasteiger partial charge is 0.369 e. The molecular weight excluding hydrogens is 435 g/mol. The Bertz CT molecular complexity index is 1190. The summed E-state index contributed by atoms with van der Waals surface area (Å²) in [7, 11) is 0. The zero-order chi connectivity index (χ0) is 21.8. The molecule has 0 saturated carbocycles. The molecule has 2 heterocycles. The number of anilines is 2. The number of thiazole rings is 1. The quantitative estimate of drug-likeness (QED) is 0.389. The zero-order valence-corrected chi connectivity index (χ0v) is 18.2. The maximum absolute atomic E-state index is 13.1. The second kappa shape index (κ2) is 9.27. The van der Waals surface area contributed by atoms with Gasteiger partial charge in [-0.3, -0.25) is 9.36 Å². The molecule has 0 aliphatic heterocycles. The first-order chi connectivity index (χ1) is 15.0. The van der Waals surface area contributed by atoms with Gasteiger partial charge in [-0.15, -0.1) is 21.5 Å². The van der Waals surface area contributed by atoms with Gasteiger partial charge in [-0.05, 0) is 43.3 Å². The molecule has 0 spiro atoms. The Kier molecular flexibility index (Phi) is 6.28. The number of nitrogens with two attached hydrogens (primary N) is 1. The number of aromatic nitrogens is 4. The van der Waals surface area contributed by atoms with Crippen LogP contribution in [0.4, 0.5) is 15.2 Å². The van der Waals surface area contributed by atoms with Crippen molar-refractivity contribution in [2.24, 2.45) is 5.73 Å². The smallest absolute Gasteiger partial charge is 0.227 e. The minimum atomic E-state index is -0.416. The molecule has 2 aromatic heterocycles. The van der Waals surface area contributed by atoms with Gasteiger partial charge in [0.1, 0.15) is 11.6 Å². The highest BCUT2D eigenvalue weighted by Crippen LogP contribution is 2.26. The lowest BCUT2D eigenvalue weighted by Gasteiger charge is -2.09. The van der Waals surface area contributed by atoms with Crippen LogP contribution in [0.25, 0.3) is 5.69 Å². The van der Waals surface area contributed by atoms with Gasteiger partial charge in [-0.25, -0.2) is 9.37 Å². The number of amides is 1. The molecule has 0 saturated heterocycles. The Morgan fingerprint density at radius 3 is 2.61 bits per heavy atom. The van der Waals surface area contributed by atoms with Crippen LogP contribution in [-0.4, -0.2) is 31.4 Å². The number of halogens is 1. The van der Waals surface area contributed by atoms with Crippen molar-refractivity contribution in [1.82, 2.24) is 19.7 Å². The van der Waals surface area contributed by atoms with Crippen LogP contribution in [0.15, 0.2) is 59.1 Å². The fraction of sp³-hybridized carbons (Fsp3) is 0.143. The Hall–Kier alpha value is -3.24. The van der Waals surface area contributed by atoms with Gasteiger partial charge in [0.25, 0.3) is 0 Å². The lowest BCUT2D eigenvalue weighted by molar-refractivity contribution is -0.115. The van der Waals surface area contributed by atoms with Crippen molar-refractivity contribution in [2.75, 3.05) is 11.1 Å². The number of primary amides is 1. The standard InChI is InChI=1S/C21H19FN6OS2/c1-13-2-8-17(9-3-13)28-19(26-27-21(28)31-12-18(23)29)10-16-11-30-20(25-16)24-15-6-4-14(22)5-7-15/h2-9,11H,10,12H2,1H3,(H2,23,29)(H,24,25). The lowest BCUT2D eigenvalue weighted by Crippen LogP contribution is -2.14. The molecule has 158 valence electrons. The van der Waals surface area contributed by atoms with Crippen molar-refractivity contribution in [3.05, 3.63) is 76.8 Å². The van der Waals surface area contributed by atoms with Gasteiger partial charge in [0.2, 0.25) is 5.91 Å². The van der Waals surface area contributed by atoms with Gasteiger partial charge in [-0.2, -0.15) is 0 Å². The number of benzene rings is 2. The number of nitrogens with zero attached hydrogens (tertiary/aromatic N) is 4. The summed E-state index contributed by atoms with van der Waals surface area (Å²) in [6.45, 7) is 2.02. The van der Waals surface area contributed by atoms with Gasteiger partial charge in [-0.1, -0.05) is 29.5 Å². The molecule has 0 aliphatic carbocycles. The van der Waals surface area contributed by atoms with Crippen molar-refractivity contribution < 1.29 is 9.18 Å². The van der Waals surface area contributed by atoms with E-state index in [1.54, 1.807) is 12.1 Å². The minimum absolute atomic E-state index is 0.117. The van der Waals surface area contributed by atoms with Crippen LogP contribution >= 0.6 is 23.1 Å². The van der Waals surface area contributed by atoms with Gasteiger partial charge >= 0.3 is 0 Å². The summed E-state index contributed by atoms with van der Waals surface area (Å²) in [6, 6.07) is 14.1. The highest BCUT2D eigenvalue weighted by molar-refractivity contribution is 7.99.